The van der Waals surface area contributed by atoms with Gasteiger partial charge in [-0.2, -0.15) is 5.10 Å². The second-order valence-electron chi connectivity index (χ2n) is 5.33. The Morgan fingerprint density at radius 3 is 2.89 bits per heavy atom. The van der Waals surface area contributed by atoms with Gasteiger partial charge in [0, 0.05) is 25.2 Å². The van der Waals surface area contributed by atoms with Crippen LogP contribution in [0, 0.1) is 0 Å². The van der Waals surface area contributed by atoms with Gasteiger partial charge < -0.3 is 10.1 Å². The molecule has 2 heterocycles. The summed E-state index contributed by atoms with van der Waals surface area (Å²) in [5, 5.41) is 8.23. The lowest BCUT2D eigenvalue weighted by molar-refractivity contribution is 0.0879. The van der Waals surface area contributed by atoms with Crippen molar-refractivity contribution in [3.05, 3.63) is 17.5 Å². The van der Waals surface area contributed by atoms with Gasteiger partial charge in [-0.1, -0.05) is 6.92 Å². The summed E-state index contributed by atoms with van der Waals surface area (Å²) in [4.78, 5) is 0. The van der Waals surface area contributed by atoms with Crippen molar-refractivity contribution in [1.82, 2.24) is 15.1 Å². The molecule has 102 valence electrons. The fraction of sp³-hybridized carbons (Fsp3) is 0.786. The summed E-state index contributed by atoms with van der Waals surface area (Å²) in [6.45, 7) is 11.3. The maximum absolute atomic E-state index is 5.65. The Bertz CT molecular complexity index is 402. The topological polar surface area (TPSA) is 39.1 Å². The van der Waals surface area contributed by atoms with E-state index in [0.29, 0.717) is 0 Å². The summed E-state index contributed by atoms with van der Waals surface area (Å²) in [6.07, 6.45) is 2.35. The van der Waals surface area contributed by atoms with Gasteiger partial charge in [-0.3, -0.25) is 4.68 Å². The minimum atomic E-state index is 0.0925. The second-order valence-corrected chi connectivity index (χ2v) is 5.33. The molecule has 1 aromatic heterocycles. The van der Waals surface area contributed by atoms with Crippen LogP contribution in [0.5, 0.6) is 0 Å². The largest absolute Gasteiger partial charge is 0.377 e. The molecule has 0 aromatic carbocycles. The van der Waals surface area contributed by atoms with Gasteiger partial charge in [0.15, 0.2) is 0 Å². The predicted octanol–water partition coefficient (Wildman–Crippen LogP) is 2.12. The zero-order chi connectivity index (χ0) is 13.2. The third-order valence-corrected chi connectivity index (χ3v) is 4.14. The number of aromatic nitrogens is 2. The number of rotatable bonds is 5. The molecule has 2 rings (SSSR count). The highest BCUT2D eigenvalue weighted by atomic mass is 16.5. The third kappa shape index (κ3) is 2.59. The van der Waals surface area contributed by atoms with E-state index in [1.807, 2.05) is 0 Å². The van der Waals surface area contributed by atoms with Crippen molar-refractivity contribution in [1.29, 1.82) is 0 Å². The second kappa shape index (κ2) is 5.41. The van der Waals surface area contributed by atoms with Crippen LogP contribution in [0.2, 0.25) is 0 Å². The highest BCUT2D eigenvalue weighted by Gasteiger charge is 2.36. The summed E-state index contributed by atoms with van der Waals surface area (Å²) in [5.41, 5.74) is 2.54. The molecule has 0 amide bonds. The van der Waals surface area contributed by atoms with Gasteiger partial charge >= 0.3 is 0 Å². The van der Waals surface area contributed by atoms with Gasteiger partial charge in [0.25, 0.3) is 0 Å². The average Bonchev–Trinajstić information content (AvgIpc) is 2.92. The normalized spacial score (nSPS) is 27.9. The average molecular weight is 251 g/mol. The molecule has 2 atom stereocenters. The predicted molar refractivity (Wildman–Crippen MR) is 72.6 cm³/mol. The number of nitrogens with zero attached hydrogens (tertiary/aromatic N) is 2. The van der Waals surface area contributed by atoms with E-state index in [1.54, 1.807) is 0 Å². The quantitative estimate of drug-likeness (QED) is 0.871. The minimum Gasteiger partial charge on any atom is -0.377 e. The van der Waals surface area contributed by atoms with Crippen molar-refractivity contribution in [2.24, 2.45) is 0 Å². The summed E-state index contributed by atoms with van der Waals surface area (Å²) in [7, 11) is 0. The zero-order valence-corrected chi connectivity index (χ0v) is 12.0. The van der Waals surface area contributed by atoms with Crippen LogP contribution in [0.15, 0.2) is 6.07 Å². The van der Waals surface area contributed by atoms with Crippen LogP contribution >= 0.6 is 0 Å². The Hall–Kier alpha value is -0.870. The fourth-order valence-corrected chi connectivity index (χ4v) is 2.46. The number of aryl methyl sites for hydroxylation is 2. The van der Waals surface area contributed by atoms with Gasteiger partial charge in [0.2, 0.25) is 0 Å². The lowest BCUT2D eigenvalue weighted by Crippen LogP contribution is -2.47. The molecule has 1 N–H and O–H groups in total. The van der Waals surface area contributed by atoms with E-state index >= 15 is 0 Å². The van der Waals surface area contributed by atoms with Gasteiger partial charge in [0.1, 0.15) is 0 Å². The maximum atomic E-state index is 5.65. The Morgan fingerprint density at radius 1 is 1.56 bits per heavy atom. The third-order valence-electron chi connectivity index (χ3n) is 4.14. The van der Waals surface area contributed by atoms with Crippen LogP contribution in [0.3, 0.4) is 0 Å². The summed E-state index contributed by atoms with van der Waals surface area (Å²) in [6, 6.07) is 2.21. The van der Waals surface area contributed by atoms with E-state index in [1.165, 1.54) is 11.4 Å². The van der Waals surface area contributed by atoms with Gasteiger partial charge in [-0.15, -0.1) is 0 Å². The Balaban J connectivity index is 2.03. The van der Waals surface area contributed by atoms with E-state index in [4.69, 9.17) is 4.74 Å². The molecule has 1 aliphatic rings. The van der Waals surface area contributed by atoms with Gasteiger partial charge in [-0.05, 0) is 39.7 Å². The van der Waals surface area contributed by atoms with Crippen molar-refractivity contribution in [2.75, 3.05) is 6.61 Å². The molecule has 2 unspecified atom stereocenters. The zero-order valence-electron chi connectivity index (χ0n) is 12.0. The molecule has 0 spiro atoms. The summed E-state index contributed by atoms with van der Waals surface area (Å²) in [5.74, 6) is 0. The SMILES string of the molecule is CCc1cc(CNC2(C)CCOC2C)n(CC)n1. The fourth-order valence-electron chi connectivity index (χ4n) is 2.46. The first kappa shape index (κ1) is 13.6. The number of hydrogen-bond acceptors (Lipinski definition) is 3. The highest BCUT2D eigenvalue weighted by Crippen LogP contribution is 2.25. The molecule has 1 saturated heterocycles. The van der Waals surface area contributed by atoms with E-state index in [-0.39, 0.29) is 11.6 Å². The lowest BCUT2D eigenvalue weighted by atomic mass is 9.94. The first-order chi connectivity index (χ1) is 8.59. The molecule has 1 aliphatic heterocycles. The van der Waals surface area contributed by atoms with E-state index in [0.717, 1.165) is 32.5 Å². The molecule has 4 heteroatoms. The Morgan fingerprint density at radius 2 is 2.33 bits per heavy atom. The molecule has 0 bridgehead atoms. The first-order valence-corrected chi connectivity index (χ1v) is 7.01. The van der Waals surface area contributed by atoms with E-state index < -0.39 is 0 Å². The maximum Gasteiger partial charge on any atom is 0.0726 e. The molecule has 0 radical (unpaired) electrons. The molecule has 0 aliphatic carbocycles. The summed E-state index contributed by atoms with van der Waals surface area (Å²) >= 11 is 0. The smallest absolute Gasteiger partial charge is 0.0726 e. The van der Waals surface area contributed by atoms with Gasteiger partial charge in [-0.25, -0.2) is 0 Å². The van der Waals surface area contributed by atoms with Crippen LogP contribution in [-0.4, -0.2) is 28.0 Å². The van der Waals surface area contributed by atoms with Crippen LogP contribution in [0.25, 0.3) is 0 Å². The Labute approximate surface area is 110 Å². The van der Waals surface area contributed by atoms with Crippen molar-refractivity contribution in [2.45, 2.75) is 65.3 Å². The summed E-state index contributed by atoms with van der Waals surface area (Å²) < 4.78 is 7.75. The van der Waals surface area contributed by atoms with Crippen LogP contribution in [-0.2, 0) is 24.2 Å². The van der Waals surface area contributed by atoms with Crippen LogP contribution in [0.1, 0.15) is 45.5 Å². The molecular weight excluding hydrogens is 226 g/mol. The van der Waals surface area contributed by atoms with Crippen LogP contribution < -0.4 is 5.32 Å². The molecule has 1 aromatic rings. The molecule has 18 heavy (non-hydrogen) atoms. The minimum absolute atomic E-state index is 0.0925. The highest BCUT2D eigenvalue weighted by molar-refractivity contribution is 5.11. The van der Waals surface area contributed by atoms with Crippen molar-refractivity contribution < 1.29 is 4.74 Å². The van der Waals surface area contributed by atoms with Gasteiger partial charge in [0.05, 0.1) is 17.5 Å². The molecule has 1 fully saturated rings. The van der Waals surface area contributed by atoms with Crippen molar-refractivity contribution >= 4 is 0 Å². The van der Waals surface area contributed by atoms with E-state index in [2.05, 4.69) is 48.9 Å². The van der Waals surface area contributed by atoms with E-state index in [9.17, 15) is 0 Å². The standard InChI is InChI=1S/C14H25N3O/c1-5-12-9-13(17(6-2)16-12)10-15-14(4)7-8-18-11(14)3/h9,11,15H,5-8,10H2,1-4H3. The first-order valence-electron chi connectivity index (χ1n) is 7.01. The number of ether oxygens (including phenoxy) is 1. The number of nitrogens with one attached hydrogen (secondary N) is 1. The van der Waals surface area contributed by atoms with Crippen LogP contribution in [0.4, 0.5) is 0 Å². The number of hydrogen-bond donors (Lipinski definition) is 1. The lowest BCUT2D eigenvalue weighted by Gasteiger charge is -2.29. The molecular formula is C14H25N3O. The van der Waals surface area contributed by atoms with Crippen molar-refractivity contribution in [3.63, 3.8) is 0 Å². The van der Waals surface area contributed by atoms with Crippen molar-refractivity contribution in [3.8, 4) is 0 Å². The Kier molecular flexibility index (Phi) is 4.07. The molecule has 4 nitrogen and oxygen atoms in total. The molecule has 0 saturated carbocycles. The monoisotopic (exact) mass is 251 g/mol.